The number of hydrogen-bond donors (Lipinski definition) is 2. The fourth-order valence-electron chi connectivity index (χ4n) is 3.54. The minimum absolute atomic E-state index is 0. The highest BCUT2D eigenvalue weighted by molar-refractivity contribution is 5.96. The highest BCUT2D eigenvalue weighted by atomic mass is 35.5. The fraction of sp³-hybridized carbons (Fsp3) is 0.500. The minimum Gasteiger partial charge on any atom is -0.441 e. The number of amides is 1. The maximum atomic E-state index is 12.4. The molecule has 5 nitrogen and oxygen atoms in total. The van der Waals surface area contributed by atoms with Crippen molar-refractivity contribution in [2.45, 2.75) is 26.2 Å². The summed E-state index contributed by atoms with van der Waals surface area (Å²) >= 11 is 0. The van der Waals surface area contributed by atoms with E-state index >= 15 is 0 Å². The number of carbonyl (C=O) groups excluding carboxylic acids is 1. The summed E-state index contributed by atoms with van der Waals surface area (Å²) < 4.78 is 5.51. The van der Waals surface area contributed by atoms with Crippen molar-refractivity contribution in [1.82, 2.24) is 10.3 Å². The summed E-state index contributed by atoms with van der Waals surface area (Å²) in [5.41, 5.74) is 2.60. The van der Waals surface area contributed by atoms with Gasteiger partial charge in [-0.25, -0.2) is 4.98 Å². The second-order valence-electron chi connectivity index (χ2n) is 6.27. The molecule has 0 radical (unpaired) electrons. The molecule has 0 bridgehead atoms. The Balaban J connectivity index is 0.000000960. The number of aryl methyl sites for hydroxylation is 1. The maximum Gasteiger partial charge on any atom is 0.228 e. The Morgan fingerprint density at radius 1 is 1.35 bits per heavy atom. The van der Waals surface area contributed by atoms with Gasteiger partial charge in [-0.3, -0.25) is 4.79 Å². The Morgan fingerprint density at radius 3 is 2.83 bits per heavy atom. The van der Waals surface area contributed by atoms with E-state index < -0.39 is 0 Å². The summed E-state index contributed by atoms with van der Waals surface area (Å²) in [5, 5.41) is 6.39. The molecule has 1 spiro atoms. The minimum atomic E-state index is 0. The first-order chi connectivity index (χ1) is 10.2. The van der Waals surface area contributed by atoms with Crippen LogP contribution in [-0.2, 0) is 4.79 Å². The Morgan fingerprint density at radius 2 is 2.09 bits per heavy atom. The lowest BCUT2D eigenvalue weighted by Crippen LogP contribution is -2.31. The molecule has 4 rings (SSSR count). The van der Waals surface area contributed by atoms with Gasteiger partial charge in [-0.1, -0.05) is 0 Å². The van der Waals surface area contributed by atoms with Crippen LogP contribution in [0.1, 0.15) is 25.2 Å². The van der Waals surface area contributed by atoms with E-state index in [4.69, 9.17) is 4.42 Å². The Labute approximate surface area is 147 Å². The number of anilines is 1. The van der Waals surface area contributed by atoms with E-state index in [0.29, 0.717) is 5.89 Å². The molecule has 1 saturated heterocycles. The summed E-state index contributed by atoms with van der Waals surface area (Å²) in [6, 6.07) is 5.62. The number of halogens is 2. The van der Waals surface area contributed by atoms with Gasteiger partial charge in [0.1, 0.15) is 5.52 Å². The zero-order valence-electron chi connectivity index (χ0n) is 12.9. The number of nitrogens with one attached hydrogen (secondary N) is 2. The number of fused-ring (bicyclic) bond motifs is 1. The molecule has 2 heterocycles. The SMILES string of the molecule is Cc1nc2ccc(NC(=O)C3CC34CCNCC4)cc2o1.Cl.Cl. The van der Waals surface area contributed by atoms with Gasteiger partial charge in [0.2, 0.25) is 5.91 Å². The molecule has 1 aromatic heterocycles. The van der Waals surface area contributed by atoms with Crippen molar-refractivity contribution in [3.63, 3.8) is 0 Å². The van der Waals surface area contributed by atoms with E-state index in [1.54, 1.807) is 0 Å². The average Bonchev–Trinajstić information content (AvgIpc) is 3.02. The number of carbonyl (C=O) groups is 1. The van der Waals surface area contributed by atoms with Crippen LogP contribution in [0.4, 0.5) is 5.69 Å². The lowest BCUT2D eigenvalue weighted by atomic mass is 9.92. The van der Waals surface area contributed by atoms with Crippen molar-refractivity contribution in [2.24, 2.45) is 11.3 Å². The first-order valence-corrected chi connectivity index (χ1v) is 7.55. The van der Waals surface area contributed by atoms with E-state index in [1.807, 2.05) is 25.1 Å². The molecular formula is C16H21Cl2N3O2. The summed E-state index contributed by atoms with van der Waals surface area (Å²) in [6.07, 6.45) is 3.26. The fourth-order valence-corrected chi connectivity index (χ4v) is 3.54. The van der Waals surface area contributed by atoms with Crippen LogP contribution < -0.4 is 10.6 Å². The molecule has 7 heteroatoms. The number of oxazole rings is 1. The smallest absolute Gasteiger partial charge is 0.228 e. The largest absolute Gasteiger partial charge is 0.441 e. The van der Waals surface area contributed by atoms with Gasteiger partial charge in [-0.05, 0) is 49.9 Å². The lowest BCUT2D eigenvalue weighted by Gasteiger charge is -2.23. The van der Waals surface area contributed by atoms with Gasteiger partial charge < -0.3 is 15.1 Å². The van der Waals surface area contributed by atoms with Gasteiger partial charge in [0.05, 0.1) is 0 Å². The number of piperidine rings is 1. The molecule has 1 atom stereocenters. The van der Waals surface area contributed by atoms with Crippen LogP contribution in [0.15, 0.2) is 22.6 Å². The van der Waals surface area contributed by atoms with E-state index in [2.05, 4.69) is 15.6 Å². The molecule has 1 aliphatic carbocycles. The third-order valence-electron chi connectivity index (χ3n) is 4.87. The average molecular weight is 358 g/mol. The predicted octanol–water partition coefficient (Wildman–Crippen LogP) is 3.31. The molecular weight excluding hydrogens is 337 g/mol. The second kappa shape index (κ2) is 6.67. The van der Waals surface area contributed by atoms with Crippen molar-refractivity contribution < 1.29 is 9.21 Å². The van der Waals surface area contributed by atoms with E-state index in [0.717, 1.165) is 49.1 Å². The third kappa shape index (κ3) is 3.32. The number of rotatable bonds is 2. The van der Waals surface area contributed by atoms with Gasteiger partial charge in [-0.15, -0.1) is 24.8 Å². The summed E-state index contributed by atoms with van der Waals surface area (Å²) in [4.78, 5) is 16.7. The first kappa shape index (κ1) is 18.0. The quantitative estimate of drug-likeness (QED) is 0.864. The summed E-state index contributed by atoms with van der Waals surface area (Å²) in [6.45, 7) is 3.89. The molecule has 23 heavy (non-hydrogen) atoms. The highest BCUT2D eigenvalue weighted by Gasteiger charge is 2.57. The van der Waals surface area contributed by atoms with Crippen LogP contribution in [0.25, 0.3) is 11.1 Å². The maximum absolute atomic E-state index is 12.4. The number of hydrogen-bond acceptors (Lipinski definition) is 4. The monoisotopic (exact) mass is 357 g/mol. The van der Waals surface area contributed by atoms with Crippen molar-refractivity contribution >= 4 is 47.5 Å². The second-order valence-corrected chi connectivity index (χ2v) is 6.27. The lowest BCUT2D eigenvalue weighted by molar-refractivity contribution is -0.118. The van der Waals surface area contributed by atoms with Gasteiger partial charge in [-0.2, -0.15) is 0 Å². The summed E-state index contributed by atoms with van der Waals surface area (Å²) in [5.74, 6) is 0.962. The normalized spacial score (nSPS) is 21.3. The van der Waals surface area contributed by atoms with Crippen LogP contribution in [0, 0.1) is 18.3 Å². The molecule has 126 valence electrons. The zero-order chi connectivity index (χ0) is 14.4. The molecule has 1 amide bonds. The van der Waals surface area contributed by atoms with E-state index in [1.165, 1.54) is 0 Å². The molecule has 2 fully saturated rings. The predicted molar refractivity (Wildman–Crippen MR) is 94.5 cm³/mol. The summed E-state index contributed by atoms with van der Waals surface area (Å²) in [7, 11) is 0. The van der Waals surface area contributed by atoms with Gasteiger partial charge in [0, 0.05) is 24.6 Å². The molecule has 2 aromatic rings. The molecule has 1 saturated carbocycles. The number of aromatic nitrogens is 1. The molecule has 1 aliphatic heterocycles. The van der Waals surface area contributed by atoms with Crippen molar-refractivity contribution in [3.8, 4) is 0 Å². The van der Waals surface area contributed by atoms with Gasteiger partial charge >= 0.3 is 0 Å². The van der Waals surface area contributed by atoms with Crippen LogP contribution >= 0.6 is 24.8 Å². The van der Waals surface area contributed by atoms with Crippen LogP contribution in [0.5, 0.6) is 0 Å². The Kier molecular flexibility index (Phi) is 5.23. The van der Waals surface area contributed by atoms with Crippen LogP contribution in [0.2, 0.25) is 0 Å². The number of benzene rings is 1. The molecule has 1 aromatic carbocycles. The first-order valence-electron chi connectivity index (χ1n) is 7.55. The standard InChI is InChI=1S/C16H19N3O2.2ClH/c1-10-18-13-3-2-11(8-14(13)21-10)19-15(20)12-9-16(12)4-6-17-7-5-16;;/h2-3,8,12,17H,4-7,9H2,1H3,(H,19,20);2*1H. The molecule has 1 unspecified atom stereocenters. The van der Waals surface area contributed by atoms with E-state index in [9.17, 15) is 4.79 Å². The third-order valence-corrected chi connectivity index (χ3v) is 4.87. The van der Waals surface area contributed by atoms with Gasteiger partial charge in [0.25, 0.3) is 0 Å². The van der Waals surface area contributed by atoms with Gasteiger partial charge in [0.15, 0.2) is 11.5 Å². The van der Waals surface area contributed by atoms with Crippen molar-refractivity contribution in [3.05, 3.63) is 24.1 Å². The Hall–Kier alpha value is -1.30. The Bertz CT molecular complexity index is 710. The zero-order valence-corrected chi connectivity index (χ0v) is 14.6. The topological polar surface area (TPSA) is 67.2 Å². The molecule has 2 aliphatic rings. The highest BCUT2D eigenvalue weighted by Crippen LogP contribution is 2.58. The van der Waals surface area contributed by atoms with Crippen LogP contribution in [-0.4, -0.2) is 24.0 Å². The van der Waals surface area contributed by atoms with Crippen LogP contribution in [0.3, 0.4) is 0 Å². The molecule has 2 N–H and O–H groups in total. The van der Waals surface area contributed by atoms with Crippen molar-refractivity contribution in [1.29, 1.82) is 0 Å². The number of nitrogens with zero attached hydrogens (tertiary/aromatic N) is 1. The van der Waals surface area contributed by atoms with E-state index in [-0.39, 0.29) is 42.1 Å². The van der Waals surface area contributed by atoms with Crippen molar-refractivity contribution in [2.75, 3.05) is 18.4 Å².